The van der Waals surface area contributed by atoms with Crippen molar-refractivity contribution >= 4 is 21.7 Å². The second-order valence-corrected chi connectivity index (χ2v) is 5.28. The average Bonchev–Trinajstić information content (AvgIpc) is 2.28. The summed E-state index contributed by atoms with van der Waals surface area (Å²) in [5, 5.41) is 5.47. The quantitative estimate of drug-likeness (QED) is 0.691. The SMILES string of the molecule is CO[C@@H]1CN=C(C(=CN)S(N)(=O)=NC(C)=O)OC1. The molecule has 0 bridgehead atoms. The molecule has 18 heavy (non-hydrogen) atoms. The Morgan fingerprint density at radius 3 is 2.78 bits per heavy atom. The van der Waals surface area contributed by atoms with E-state index in [2.05, 4.69) is 9.36 Å². The van der Waals surface area contributed by atoms with E-state index in [9.17, 15) is 9.00 Å². The average molecular weight is 276 g/mol. The van der Waals surface area contributed by atoms with Gasteiger partial charge in [-0.3, -0.25) is 4.79 Å². The van der Waals surface area contributed by atoms with E-state index >= 15 is 0 Å². The smallest absolute Gasteiger partial charge is 0.251 e. The van der Waals surface area contributed by atoms with Gasteiger partial charge >= 0.3 is 0 Å². The van der Waals surface area contributed by atoms with Crippen LogP contribution in [-0.2, 0) is 24.2 Å². The molecule has 1 aliphatic heterocycles. The first-order valence-corrected chi connectivity index (χ1v) is 6.66. The highest BCUT2D eigenvalue weighted by atomic mass is 32.2. The number of carbonyl (C=O) groups excluding carboxylic acids is 1. The molecule has 0 aromatic carbocycles. The molecular formula is C9H16N4O4S. The standard InChI is InChI=1S/C9H16N4O4S/c1-6(14)13-18(11,15)8(3-10)9-12-4-7(16-2)5-17-9/h3,7H,4-5,10H2,1-2H3,(H2,11,13,14,15)/t7-,18?/m1/s1. The van der Waals surface area contributed by atoms with Gasteiger partial charge in [0.05, 0.1) is 6.54 Å². The maximum atomic E-state index is 12.0. The summed E-state index contributed by atoms with van der Waals surface area (Å²) < 4.78 is 25.6. The molecule has 102 valence electrons. The number of rotatable bonds is 3. The van der Waals surface area contributed by atoms with Gasteiger partial charge in [-0.15, -0.1) is 4.36 Å². The summed E-state index contributed by atoms with van der Waals surface area (Å²) >= 11 is 0. The van der Waals surface area contributed by atoms with Crippen molar-refractivity contribution in [1.29, 1.82) is 0 Å². The van der Waals surface area contributed by atoms with Gasteiger partial charge in [-0.2, -0.15) is 0 Å². The minimum atomic E-state index is -3.43. The van der Waals surface area contributed by atoms with E-state index in [4.69, 9.17) is 20.3 Å². The van der Waals surface area contributed by atoms with Crippen LogP contribution < -0.4 is 10.9 Å². The topological polar surface area (TPSA) is 129 Å². The van der Waals surface area contributed by atoms with Gasteiger partial charge in [-0.25, -0.2) is 14.3 Å². The Morgan fingerprint density at radius 2 is 2.39 bits per heavy atom. The van der Waals surface area contributed by atoms with Crippen molar-refractivity contribution in [2.75, 3.05) is 20.3 Å². The maximum absolute atomic E-state index is 12.0. The zero-order valence-corrected chi connectivity index (χ0v) is 11.0. The summed E-state index contributed by atoms with van der Waals surface area (Å²) in [4.78, 5) is 14.8. The summed E-state index contributed by atoms with van der Waals surface area (Å²) in [6, 6.07) is 0. The van der Waals surface area contributed by atoms with Crippen molar-refractivity contribution in [2.24, 2.45) is 20.2 Å². The van der Waals surface area contributed by atoms with Crippen LogP contribution in [0.25, 0.3) is 0 Å². The zero-order valence-electron chi connectivity index (χ0n) is 10.2. The van der Waals surface area contributed by atoms with Crippen LogP contribution in [0.15, 0.2) is 20.5 Å². The highest BCUT2D eigenvalue weighted by Gasteiger charge is 2.24. The number of ether oxygens (including phenoxy) is 2. The van der Waals surface area contributed by atoms with Gasteiger partial charge in [0.25, 0.3) is 5.91 Å². The first-order chi connectivity index (χ1) is 8.40. The largest absolute Gasteiger partial charge is 0.474 e. The first-order valence-electron chi connectivity index (χ1n) is 5.08. The summed E-state index contributed by atoms with van der Waals surface area (Å²) in [7, 11) is -1.90. The molecule has 0 fully saturated rings. The summed E-state index contributed by atoms with van der Waals surface area (Å²) in [5.74, 6) is -0.628. The van der Waals surface area contributed by atoms with Gasteiger partial charge in [0.2, 0.25) is 5.90 Å². The van der Waals surface area contributed by atoms with Gasteiger partial charge in [0.15, 0.2) is 0 Å². The van der Waals surface area contributed by atoms with E-state index in [0.717, 1.165) is 13.1 Å². The van der Waals surface area contributed by atoms with Crippen LogP contribution in [0.5, 0.6) is 0 Å². The number of aliphatic imine (C=N–C) groups is 1. The van der Waals surface area contributed by atoms with Crippen molar-refractivity contribution < 1.29 is 18.5 Å². The molecule has 0 spiro atoms. The molecule has 4 N–H and O–H groups in total. The van der Waals surface area contributed by atoms with Crippen molar-refractivity contribution in [3.05, 3.63) is 11.1 Å². The van der Waals surface area contributed by atoms with Gasteiger partial charge in [-0.05, 0) is 0 Å². The lowest BCUT2D eigenvalue weighted by Crippen LogP contribution is -2.33. The molecule has 0 aromatic heterocycles. The number of hydrogen-bond acceptors (Lipinski definition) is 6. The van der Waals surface area contributed by atoms with Crippen LogP contribution >= 0.6 is 0 Å². The molecule has 1 aliphatic rings. The minimum absolute atomic E-state index is 0.0308. The number of nitrogens with zero attached hydrogens (tertiary/aromatic N) is 2. The molecule has 1 amide bonds. The summed E-state index contributed by atoms with van der Waals surface area (Å²) in [6.07, 6.45) is 0.812. The lowest BCUT2D eigenvalue weighted by Gasteiger charge is -2.22. The Labute approximate surface area is 105 Å². The molecule has 1 rings (SSSR count). The lowest BCUT2D eigenvalue weighted by atomic mass is 10.3. The second-order valence-electron chi connectivity index (χ2n) is 3.52. The molecule has 8 nitrogen and oxygen atoms in total. The fourth-order valence-corrected chi connectivity index (χ4v) is 2.33. The molecule has 1 heterocycles. The van der Waals surface area contributed by atoms with Crippen LogP contribution in [0.2, 0.25) is 0 Å². The molecule has 0 aromatic rings. The van der Waals surface area contributed by atoms with E-state index in [1.165, 1.54) is 7.11 Å². The van der Waals surface area contributed by atoms with E-state index in [-0.39, 0.29) is 23.5 Å². The van der Waals surface area contributed by atoms with E-state index in [0.29, 0.717) is 6.54 Å². The van der Waals surface area contributed by atoms with Crippen molar-refractivity contribution in [1.82, 2.24) is 0 Å². The Bertz CT molecular complexity index is 505. The number of amides is 1. The monoisotopic (exact) mass is 276 g/mol. The van der Waals surface area contributed by atoms with E-state index in [1.807, 2.05) is 0 Å². The molecular weight excluding hydrogens is 260 g/mol. The van der Waals surface area contributed by atoms with Crippen molar-refractivity contribution in [3.63, 3.8) is 0 Å². The third kappa shape index (κ3) is 3.52. The molecule has 0 saturated heterocycles. The number of nitrogens with two attached hydrogens (primary N) is 2. The van der Waals surface area contributed by atoms with Crippen LogP contribution in [0, 0.1) is 0 Å². The normalized spacial score (nSPS) is 23.6. The van der Waals surface area contributed by atoms with Gasteiger partial charge < -0.3 is 15.2 Å². The third-order valence-corrected chi connectivity index (χ3v) is 3.59. The molecule has 2 atom stereocenters. The highest BCUT2D eigenvalue weighted by Crippen LogP contribution is 2.13. The number of hydrogen-bond donors (Lipinski definition) is 2. The van der Waals surface area contributed by atoms with Crippen LogP contribution in [0.3, 0.4) is 0 Å². The third-order valence-electron chi connectivity index (χ3n) is 2.12. The fraction of sp³-hybridized carbons (Fsp3) is 0.556. The minimum Gasteiger partial charge on any atom is -0.474 e. The highest BCUT2D eigenvalue weighted by molar-refractivity contribution is 7.96. The Morgan fingerprint density at radius 1 is 1.72 bits per heavy atom. The lowest BCUT2D eigenvalue weighted by molar-refractivity contribution is -0.115. The number of methoxy groups -OCH3 is 1. The fourth-order valence-electron chi connectivity index (χ4n) is 1.28. The summed E-state index contributed by atoms with van der Waals surface area (Å²) in [5.41, 5.74) is 5.35. The Hall–Kier alpha value is -1.45. The van der Waals surface area contributed by atoms with Crippen LogP contribution in [0.1, 0.15) is 6.92 Å². The number of carbonyl (C=O) groups is 1. The van der Waals surface area contributed by atoms with Gasteiger partial charge in [-0.1, -0.05) is 0 Å². The van der Waals surface area contributed by atoms with Crippen LogP contribution in [0.4, 0.5) is 0 Å². The van der Waals surface area contributed by atoms with E-state index in [1.54, 1.807) is 0 Å². The van der Waals surface area contributed by atoms with Gasteiger partial charge in [0, 0.05) is 20.2 Å². The molecule has 0 radical (unpaired) electrons. The predicted octanol–water partition coefficient (Wildman–Crippen LogP) is -0.882. The van der Waals surface area contributed by atoms with Crippen molar-refractivity contribution in [3.8, 4) is 0 Å². The van der Waals surface area contributed by atoms with Gasteiger partial charge in [0.1, 0.15) is 27.5 Å². The van der Waals surface area contributed by atoms with E-state index < -0.39 is 15.8 Å². The Kier molecular flexibility index (Phi) is 4.82. The first kappa shape index (κ1) is 14.6. The zero-order chi connectivity index (χ0) is 13.8. The molecule has 0 aliphatic carbocycles. The molecule has 1 unspecified atom stereocenters. The molecule has 9 heteroatoms. The van der Waals surface area contributed by atoms with Crippen LogP contribution in [-0.4, -0.2) is 42.4 Å². The second kappa shape index (κ2) is 5.94. The van der Waals surface area contributed by atoms with Crippen molar-refractivity contribution in [2.45, 2.75) is 13.0 Å². The molecule has 0 saturated carbocycles. The maximum Gasteiger partial charge on any atom is 0.251 e. The summed E-state index contributed by atoms with van der Waals surface area (Å²) in [6.45, 7) is 1.71. The Balaban J connectivity index is 3.04. The predicted molar refractivity (Wildman–Crippen MR) is 66.8 cm³/mol.